The Labute approximate surface area is 150 Å². The van der Waals surface area contributed by atoms with E-state index in [0.29, 0.717) is 11.5 Å². The summed E-state index contributed by atoms with van der Waals surface area (Å²) in [5, 5.41) is 3.04. The number of hydrogen-bond acceptors (Lipinski definition) is 4. The van der Waals surface area contributed by atoms with Crippen molar-refractivity contribution in [3.8, 4) is 0 Å². The van der Waals surface area contributed by atoms with Crippen LogP contribution in [-0.2, 0) is 7.05 Å². The van der Waals surface area contributed by atoms with Crippen molar-refractivity contribution in [2.24, 2.45) is 13.0 Å². The van der Waals surface area contributed by atoms with Crippen LogP contribution in [0, 0.1) is 25.6 Å². The minimum absolute atomic E-state index is 0.230. The zero-order valence-corrected chi connectivity index (χ0v) is 15.0. The first-order valence-electron chi connectivity index (χ1n) is 8.66. The minimum Gasteiger partial charge on any atom is -0.340 e. The number of carbonyl (C=O) groups is 1. The monoisotopic (exact) mass is 353 g/mol. The summed E-state index contributed by atoms with van der Waals surface area (Å²) in [4.78, 5) is 25.5. The summed E-state index contributed by atoms with van der Waals surface area (Å²) in [5.41, 5.74) is 3.05. The average molecular weight is 353 g/mol. The fourth-order valence-electron chi connectivity index (χ4n) is 3.16. The highest BCUT2D eigenvalue weighted by molar-refractivity contribution is 5.92. The number of fused-ring (bicyclic) bond motifs is 1. The van der Waals surface area contributed by atoms with Crippen LogP contribution in [0.3, 0.4) is 0 Å². The number of carbonyl (C=O) groups excluding carboxylic acids is 1. The SMILES string of the molecule is Cc1cnc(C(=O)N[C@H](c2nc3cc(C)c(F)cc3n2C)C2CC2)cn1. The molecule has 6 nitrogen and oxygen atoms in total. The number of rotatable bonds is 4. The van der Waals surface area contributed by atoms with E-state index in [1.165, 1.54) is 12.3 Å². The van der Waals surface area contributed by atoms with Gasteiger partial charge in [0.1, 0.15) is 17.3 Å². The molecule has 0 aliphatic heterocycles. The van der Waals surface area contributed by atoms with Crippen molar-refractivity contribution in [1.29, 1.82) is 0 Å². The fraction of sp³-hybridized carbons (Fsp3) is 0.368. The summed E-state index contributed by atoms with van der Waals surface area (Å²) in [7, 11) is 1.85. The second kappa shape index (κ2) is 6.16. The first kappa shape index (κ1) is 16.6. The third-order valence-corrected chi connectivity index (χ3v) is 4.87. The number of nitrogens with one attached hydrogen (secondary N) is 1. The summed E-state index contributed by atoms with van der Waals surface area (Å²) in [6.07, 6.45) is 5.10. The van der Waals surface area contributed by atoms with Crippen molar-refractivity contribution >= 4 is 16.9 Å². The van der Waals surface area contributed by atoms with Gasteiger partial charge < -0.3 is 9.88 Å². The normalized spacial score (nSPS) is 15.2. The average Bonchev–Trinajstić information content (AvgIpc) is 3.41. The number of hydrogen-bond donors (Lipinski definition) is 1. The van der Waals surface area contributed by atoms with Gasteiger partial charge in [0.05, 0.1) is 29.0 Å². The molecule has 7 heteroatoms. The van der Waals surface area contributed by atoms with Crippen LogP contribution in [-0.4, -0.2) is 25.4 Å². The third kappa shape index (κ3) is 2.94. The van der Waals surface area contributed by atoms with Crippen LogP contribution in [0.1, 0.15) is 46.5 Å². The van der Waals surface area contributed by atoms with E-state index in [4.69, 9.17) is 0 Å². The Hall–Kier alpha value is -2.83. The lowest BCUT2D eigenvalue weighted by Gasteiger charge is -2.18. The molecule has 1 aromatic carbocycles. The van der Waals surface area contributed by atoms with Crippen LogP contribution in [0.25, 0.3) is 11.0 Å². The van der Waals surface area contributed by atoms with Gasteiger partial charge in [-0.05, 0) is 44.2 Å². The molecule has 1 fully saturated rings. The van der Waals surface area contributed by atoms with Gasteiger partial charge in [-0.1, -0.05) is 0 Å². The lowest BCUT2D eigenvalue weighted by atomic mass is 10.1. The summed E-state index contributed by atoms with van der Waals surface area (Å²) in [5.74, 6) is 0.539. The molecular formula is C19H20FN5O. The molecule has 0 spiro atoms. The maximum Gasteiger partial charge on any atom is 0.272 e. The van der Waals surface area contributed by atoms with E-state index in [2.05, 4.69) is 20.3 Å². The summed E-state index contributed by atoms with van der Waals surface area (Å²) in [6.45, 7) is 3.54. The molecule has 2 heterocycles. The predicted octanol–water partition coefficient (Wildman–Crippen LogP) is 3.00. The maximum absolute atomic E-state index is 13.9. The van der Waals surface area contributed by atoms with E-state index >= 15 is 0 Å². The Morgan fingerprint density at radius 2 is 2.04 bits per heavy atom. The molecule has 3 aromatic rings. The molecule has 1 N–H and O–H groups in total. The molecule has 1 amide bonds. The van der Waals surface area contributed by atoms with Crippen molar-refractivity contribution in [3.05, 3.63) is 53.1 Å². The quantitative estimate of drug-likeness (QED) is 0.783. The smallest absolute Gasteiger partial charge is 0.272 e. The number of nitrogens with zero attached hydrogens (tertiary/aromatic N) is 4. The molecule has 0 unspecified atom stereocenters. The summed E-state index contributed by atoms with van der Waals surface area (Å²) >= 11 is 0. The highest BCUT2D eigenvalue weighted by Gasteiger charge is 2.36. The minimum atomic E-state index is -0.274. The molecule has 1 saturated carbocycles. The second-order valence-corrected chi connectivity index (χ2v) is 6.95. The molecule has 1 aliphatic carbocycles. The first-order valence-corrected chi connectivity index (χ1v) is 8.66. The number of benzene rings is 1. The van der Waals surface area contributed by atoms with Crippen LogP contribution in [0.5, 0.6) is 0 Å². The second-order valence-electron chi connectivity index (χ2n) is 6.95. The maximum atomic E-state index is 13.9. The van der Waals surface area contributed by atoms with Gasteiger partial charge in [0.25, 0.3) is 5.91 Å². The molecule has 0 radical (unpaired) electrons. The van der Waals surface area contributed by atoms with Gasteiger partial charge in [-0.2, -0.15) is 0 Å². The van der Waals surface area contributed by atoms with E-state index in [1.54, 1.807) is 19.2 Å². The van der Waals surface area contributed by atoms with Crippen molar-refractivity contribution in [2.75, 3.05) is 0 Å². The van der Waals surface area contributed by atoms with E-state index in [-0.39, 0.29) is 23.5 Å². The number of halogens is 1. The van der Waals surface area contributed by atoms with Crippen LogP contribution in [0.4, 0.5) is 4.39 Å². The van der Waals surface area contributed by atoms with Gasteiger partial charge in [-0.25, -0.2) is 14.4 Å². The standard InChI is InChI=1S/C19H20FN5O/c1-10-6-14-16(7-13(10)20)25(3)18(23-14)17(12-4-5-12)24-19(26)15-9-21-11(2)8-22-15/h6-9,12,17H,4-5H2,1-3H3,(H,24,26)/t17-/m0/s1. The Morgan fingerprint density at radius 3 is 2.69 bits per heavy atom. The lowest BCUT2D eigenvalue weighted by Crippen LogP contribution is -2.32. The molecule has 2 aromatic heterocycles. The van der Waals surface area contributed by atoms with Gasteiger partial charge >= 0.3 is 0 Å². The Morgan fingerprint density at radius 1 is 1.27 bits per heavy atom. The fourth-order valence-corrected chi connectivity index (χ4v) is 3.16. The highest BCUT2D eigenvalue weighted by atomic mass is 19.1. The van der Waals surface area contributed by atoms with Crippen molar-refractivity contribution in [1.82, 2.24) is 24.8 Å². The summed E-state index contributed by atoms with van der Waals surface area (Å²) < 4.78 is 15.8. The van der Waals surface area contributed by atoms with Crippen LogP contribution >= 0.6 is 0 Å². The topological polar surface area (TPSA) is 72.7 Å². The van der Waals surface area contributed by atoms with Gasteiger partial charge in [0, 0.05) is 19.3 Å². The van der Waals surface area contributed by atoms with E-state index in [0.717, 1.165) is 35.4 Å². The Kier molecular flexibility index (Phi) is 3.94. The van der Waals surface area contributed by atoms with Crippen molar-refractivity contribution in [2.45, 2.75) is 32.7 Å². The molecule has 1 atom stereocenters. The number of amides is 1. The molecule has 26 heavy (non-hydrogen) atoms. The van der Waals surface area contributed by atoms with E-state index in [9.17, 15) is 9.18 Å². The third-order valence-electron chi connectivity index (χ3n) is 4.87. The largest absolute Gasteiger partial charge is 0.340 e. The molecule has 4 rings (SSSR count). The molecular weight excluding hydrogens is 333 g/mol. The van der Waals surface area contributed by atoms with E-state index < -0.39 is 0 Å². The highest BCUT2D eigenvalue weighted by Crippen LogP contribution is 2.41. The zero-order valence-electron chi connectivity index (χ0n) is 15.0. The van der Waals surface area contributed by atoms with Crippen LogP contribution in [0.15, 0.2) is 24.5 Å². The van der Waals surface area contributed by atoms with Crippen LogP contribution in [0.2, 0.25) is 0 Å². The molecule has 134 valence electrons. The number of imidazole rings is 1. The number of aryl methyl sites for hydroxylation is 3. The number of aromatic nitrogens is 4. The van der Waals surface area contributed by atoms with E-state index in [1.807, 2.05) is 18.5 Å². The lowest BCUT2D eigenvalue weighted by molar-refractivity contribution is 0.0923. The predicted molar refractivity (Wildman–Crippen MR) is 95.1 cm³/mol. The van der Waals surface area contributed by atoms with Gasteiger partial charge in [-0.3, -0.25) is 9.78 Å². The Balaban J connectivity index is 1.69. The summed E-state index contributed by atoms with van der Waals surface area (Å²) in [6, 6.07) is 3.01. The van der Waals surface area contributed by atoms with Gasteiger partial charge in [0.2, 0.25) is 0 Å². The Bertz CT molecular complexity index is 991. The zero-order chi connectivity index (χ0) is 18.4. The molecule has 0 saturated heterocycles. The first-order chi connectivity index (χ1) is 12.4. The van der Waals surface area contributed by atoms with Gasteiger partial charge in [-0.15, -0.1) is 0 Å². The van der Waals surface area contributed by atoms with Crippen LogP contribution < -0.4 is 5.32 Å². The van der Waals surface area contributed by atoms with Crippen molar-refractivity contribution < 1.29 is 9.18 Å². The van der Waals surface area contributed by atoms with Gasteiger partial charge in [0.15, 0.2) is 0 Å². The molecule has 1 aliphatic rings. The molecule has 0 bridgehead atoms. The van der Waals surface area contributed by atoms with Crippen molar-refractivity contribution in [3.63, 3.8) is 0 Å².